The lowest BCUT2D eigenvalue weighted by atomic mass is 10.4. The molecular formula is C11H14N4O2S. The van der Waals surface area contributed by atoms with Crippen molar-refractivity contribution in [1.29, 1.82) is 0 Å². The highest BCUT2D eigenvalue weighted by Crippen LogP contribution is 2.19. The van der Waals surface area contributed by atoms with Crippen LogP contribution in [-0.4, -0.2) is 15.9 Å². The molecule has 0 spiro atoms. The Hall–Kier alpha value is -1.89. The van der Waals surface area contributed by atoms with E-state index in [2.05, 4.69) is 15.3 Å². The molecule has 3 N–H and O–H groups in total. The molecule has 0 fully saturated rings. The molecule has 0 radical (unpaired) electrons. The summed E-state index contributed by atoms with van der Waals surface area (Å²) in [5.41, 5.74) is 6.18. The van der Waals surface area contributed by atoms with Gasteiger partial charge in [0.15, 0.2) is 5.13 Å². The van der Waals surface area contributed by atoms with Gasteiger partial charge in [0.1, 0.15) is 10.6 Å². The fourth-order valence-corrected chi connectivity index (χ4v) is 2.21. The molecular weight excluding hydrogens is 252 g/mol. The summed E-state index contributed by atoms with van der Waals surface area (Å²) in [6.45, 7) is 3.99. The Kier molecular flexibility index (Phi) is 3.61. The Morgan fingerprint density at radius 3 is 2.94 bits per heavy atom. The highest BCUT2D eigenvalue weighted by Gasteiger charge is 2.14. The van der Waals surface area contributed by atoms with Crippen LogP contribution in [0.2, 0.25) is 0 Å². The number of hydrogen-bond donors (Lipinski definition) is 2. The smallest absolute Gasteiger partial charge is 0.263 e. The first-order chi connectivity index (χ1) is 8.60. The molecule has 2 rings (SSSR count). The van der Waals surface area contributed by atoms with Gasteiger partial charge in [-0.15, -0.1) is 0 Å². The molecule has 0 aliphatic carbocycles. The van der Waals surface area contributed by atoms with Crippen LogP contribution in [0.3, 0.4) is 0 Å². The summed E-state index contributed by atoms with van der Waals surface area (Å²) in [6.07, 6.45) is 2.45. The van der Waals surface area contributed by atoms with Crippen LogP contribution in [0, 0.1) is 6.92 Å². The van der Waals surface area contributed by atoms with Gasteiger partial charge < -0.3 is 15.5 Å². The van der Waals surface area contributed by atoms with Gasteiger partial charge in [-0.2, -0.15) is 0 Å². The van der Waals surface area contributed by atoms with Crippen molar-refractivity contribution in [2.45, 2.75) is 26.8 Å². The normalized spacial score (nSPS) is 10.6. The van der Waals surface area contributed by atoms with Gasteiger partial charge in [-0.1, -0.05) is 18.3 Å². The van der Waals surface area contributed by atoms with Crippen molar-refractivity contribution >= 4 is 22.4 Å². The van der Waals surface area contributed by atoms with Gasteiger partial charge in [-0.25, -0.2) is 9.97 Å². The maximum atomic E-state index is 11.9. The van der Waals surface area contributed by atoms with E-state index in [1.807, 2.05) is 6.92 Å². The van der Waals surface area contributed by atoms with Crippen molar-refractivity contribution in [3.05, 3.63) is 28.4 Å². The number of aryl methyl sites for hydroxylation is 2. The molecule has 1 amide bonds. The summed E-state index contributed by atoms with van der Waals surface area (Å²) in [7, 11) is 0. The first kappa shape index (κ1) is 12.6. The molecule has 6 nitrogen and oxygen atoms in total. The number of nitrogens with zero attached hydrogens (tertiary/aromatic N) is 2. The Morgan fingerprint density at radius 2 is 2.39 bits per heavy atom. The molecule has 7 heteroatoms. The number of nitrogen functional groups attached to an aromatic ring is 1. The third kappa shape index (κ3) is 2.67. The molecule has 0 bridgehead atoms. The van der Waals surface area contributed by atoms with Crippen LogP contribution in [-0.2, 0) is 13.0 Å². The number of carbonyl (C=O) groups is 1. The number of aromatic nitrogens is 2. The van der Waals surface area contributed by atoms with Crippen molar-refractivity contribution in [2.75, 3.05) is 5.73 Å². The zero-order valence-electron chi connectivity index (χ0n) is 10.2. The average molecular weight is 266 g/mol. The fourth-order valence-electron chi connectivity index (χ4n) is 1.46. The van der Waals surface area contributed by atoms with E-state index in [9.17, 15) is 4.79 Å². The van der Waals surface area contributed by atoms with E-state index < -0.39 is 0 Å². The largest absolute Gasteiger partial charge is 0.444 e. The van der Waals surface area contributed by atoms with E-state index in [0.29, 0.717) is 21.6 Å². The molecule has 96 valence electrons. The van der Waals surface area contributed by atoms with Gasteiger partial charge >= 0.3 is 0 Å². The number of oxazole rings is 1. The van der Waals surface area contributed by atoms with Crippen molar-refractivity contribution in [1.82, 2.24) is 15.3 Å². The number of rotatable bonds is 4. The maximum absolute atomic E-state index is 11.9. The molecule has 0 unspecified atom stereocenters. The Bertz CT molecular complexity index is 561. The molecule has 0 atom stereocenters. The first-order valence-electron chi connectivity index (χ1n) is 5.54. The predicted octanol–water partition coefficient (Wildman–Crippen LogP) is 1.51. The van der Waals surface area contributed by atoms with E-state index in [-0.39, 0.29) is 12.5 Å². The maximum Gasteiger partial charge on any atom is 0.263 e. The van der Waals surface area contributed by atoms with E-state index in [1.54, 1.807) is 13.1 Å². The van der Waals surface area contributed by atoms with Gasteiger partial charge in [0.05, 0.1) is 18.4 Å². The summed E-state index contributed by atoms with van der Waals surface area (Å²) in [4.78, 5) is 20.4. The SMILES string of the molecule is CCc1cnc(CNC(=O)c2sc(N)nc2C)o1. The van der Waals surface area contributed by atoms with Gasteiger partial charge in [0.2, 0.25) is 5.89 Å². The quantitative estimate of drug-likeness (QED) is 0.874. The standard InChI is InChI=1S/C11H14N4O2S/c1-3-7-4-13-8(17-7)5-14-10(16)9-6(2)15-11(12)18-9/h4H,3,5H2,1-2H3,(H2,12,15)(H,14,16). The van der Waals surface area contributed by atoms with Crippen LogP contribution in [0.5, 0.6) is 0 Å². The monoisotopic (exact) mass is 266 g/mol. The molecule has 0 aliphatic rings. The van der Waals surface area contributed by atoms with Crippen LogP contribution >= 0.6 is 11.3 Å². The van der Waals surface area contributed by atoms with Crippen LogP contribution in [0.1, 0.15) is 33.9 Å². The average Bonchev–Trinajstić information content (AvgIpc) is 2.92. The molecule has 0 saturated carbocycles. The third-order valence-corrected chi connectivity index (χ3v) is 3.35. The van der Waals surface area contributed by atoms with E-state index in [1.165, 1.54) is 11.3 Å². The first-order valence-corrected chi connectivity index (χ1v) is 6.36. The third-order valence-electron chi connectivity index (χ3n) is 2.37. The summed E-state index contributed by atoms with van der Waals surface area (Å²) in [6, 6.07) is 0. The molecule has 2 aromatic rings. The molecule has 18 heavy (non-hydrogen) atoms. The van der Waals surface area contributed by atoms with Crippen LogP contribution < -0.4 is 11.1 Å². The minimum absolute atomic E-state index is 0.210. The van der Waals surface area contributed by atoms with Crippen molar-refractivity contribution in [2.24, 2.45) is 0 Å². The van der Waals surface area contributed by atoms with E-state index in [0.717, 1.165) is 12.2 Å². The zero-order chi connectivity index (χ0) is 13.1. The number of thiazole rings is 1. The number of anilines is 1. The van der Waals surface area contributed by atoms with Crippen LogP contribution in [0.25, 0.3) is 0 Å². The summed E-state index contributed by atoms with van der Waals surface area (Å²) in [5.74, 6) is 1.09. The molecule has 2 aromatic heterocycles. The lowest BCUT2D eigenvalue weighted by Gasteiger charge is -2.00. The molecule has 0 saturated heterocycles. The van der Waals surface area contributed by atoms with Gasteiger partial charge in [-0.3, -0.25) is 4.79 Å². The Morgan fingerprint density at radius 1 is 1.61 bits per heavy atom. The van der Waals surface area contributed by atoms with Crippen molar-refractivity contribution in [3.63, 3.8) is 0 Å². The van der Waals surface area contributed by atoms with Crippen LogP contribution in [0.15, 0.2) is 10.6 Å². The number of nitrogens with two attached hydrogens (primary N) is 1. The second kappa shape index (κ2) is 5.18. The fraction of sp³-hybridized carbons (Fsp3) is 0.364. The highest BCUT2D eigenvalue weighted by atomic mass is 32.1. The topological polar surface area (TPSA) is 94.0 Å². The Balaban J connectivity index is 1.98. The highest BCUT2D eigenvalue weighted by molar-refractivity contribution is 7.17. The van der Waals surface area contributed by atoms with Gasteiger partial charge in [0, 0.05) is 6.42 Å². The Labute approximate surface area is 108 Å². The molecule has 0 aliphatic heterocycles. The van der Waals surface area contributed by atoms with Crippen LogP contribution in [0.4, 0.5) is 5.13 Å². The summed E-state index contributed by atoms with van der Waals surface area (Å²) in [5, 5.41) is 3.12. The number of carbonyl (C=O) groups excluding carboxylic acids is 1. The van der Waals surface area contributed by atoms with Gasteiger partial charge in [-0.05, 0) is 6.92 Å². The van der Waals surface area contributed by atoms with Crippen molar-refractivity contribution in [3.8, 4) is 0 Å². The van der Waals surface area contributed by atoms with Gasteiger partial charge in [0.25, 0.3) is 5.91 Å². The summed E-state index contributed by atoms with van der Waals surface area (Å²) < 4.78 is 5.39. The number of hydrogen-bond acceptors (Lipinski definition) is 6. The minimum Gasteiger partial charge on any atom is -0.444 e. The number of amides is 1. The van der Waals surface area contributed by atoms with Crippen molar-refractivity contribution < 1.29 is 9.21 Å². The lowest BCUT2D eigenvalue weighted by Crippen LogP contribution is -2.22. The van der Waals surface area contributed by atoms with E-state index in [4.69, 9.17) is 10.2 Å². The number of nitrogens with one attached hydrogen (secondary N) is 1. The second-order valence-electron chi connectivity index (χ2n) is 3.72. The second-order valence-corrected chi connectivity index (χ2v) is 4.75. The minimum atomic E-state index is -0.210. The molecule has 0 aromatic carbocycles. The predicted molar refractivity (Wildman–Crippen MR) is 68.3 cm³/mol. The summed E-state index contributed by atoms with van der Waals surface area (Å²) >= 11 is 1.17. The zero-order valence-corrected chi connectivity index (χ0v) is 11.0. The molecule has 2 heterocycles. The lowest BCUT2D eigenvalue weighted by molar-refractivity contribution is 0.0950. The van der Waals surface area contributed by atoms with E-state index >= 15 is 0 Å².